The Morgan fingerprint density at radius 3 is 3.00 bits per heavy atom. The zero-order valence-electron chi connectivity index (χ0n) is 11.1. The Labute approximate surface area is 130 Å². The Morgan fingerprint density at radius 1 is 1.45 bits per heavy atom. The van der Waals surface area contributed by atoms with E-state index in [-0.39, 0.29) is 11.9 Å². The van der Waals surface area contributed by atoms with Gasteiger partial charge in [-0.15, -0.1) is 11.3 Å². The Balaban J connectivity index is 1.80. The van der Waals surface area contributed by atoms with Crippen LogP contribution in [0.1, 0.15) is 22.9 Å². The molecule has 0 aliphatic carbocycles. The van der Waals surface area contributed by atoms with Crippen molar-refractivity contribution in [3.63, 3.8) is 0 Å². The second-order valence-corrected chi connectivity index (χ2v) is 6.79. The average Bonchev–Trinajstić information content (AvgIpc) is 2.87. The molecule has 20 heavy (non-hydrogen) atoms. The van der Waals surface area contributed by atoms with Crippen LogP contribution in [0.2, 0.25) is 0 Å². The van der Waals surface area contributed by atoms with Crippen molar-refractivity contribution in [2.75, 3.05) is 11.9 Å². The molecule has 1 aromatic heterocycles. The average molecular weight is 351 g/mol. The number of benzene rings is 1. The lowest BCUT2D eigenvalue weighted by atomic mass is 9.96. The number of fused-ring (bicyclic) bond motifs is 1. The molecule has 3 rings (SSSR count). The molecular formula is C15H15BrN2OS. The van der Waals surface area contributed by atoms with Crippen molar-refractivity contribution < 1.29 is 4.79 Å². The van der Waals surface area contributed by atoms with Crippen LogP contribution in [0.15, 0.2) is 40.2 Å². The lowest BCUT2D eigenvalue weighted by Crippen LogP contribution is -2.37. The number of carbonyl (C=O) groups excluding carboxylic acids is 1. The first-order valence-corrected chi connectivity index (χ1v) is 8.14. The standard InChI is InChI=1S/C15H15BrN2OS/c1-18-14-5-3-2-4-12(14)13(7-15(18)19)17-8-11-6-10(16)9-20-11/h2-6,9,13,17H,7-8H2,1H3. The summed E-state index contributed by atoms with van der Waals surface area (Å²) >= 11 is 5.18. The molecule has 1 N–H and O–H groups in total. The molecule has 104 valence electrons. The van der Waals surface area contributed by atoms with Crippen LogP contribution in [-0.2, 0) is 11.3 Å². The Bertz CT molecular complexity index is 640. The van der Waals surface area contributed by atoms with E-state index in [0.29, 0.717) is 6.42 Å². The maximum atomic E-state index is 12.1. The summed E-state index contributed by atoms with van der Waals surface area (Å²) < 4.78 is 1.11. The number of hydrogen-bond donors (Lipinski definition) is 1. The Kier molecular flexibility index (Phi) is 3.92. The molecule has 0 bridgehead atoms. The second-order valence-electron chi connectivity index (χ2n) is 4.88. The molecule has 1 aliphatic heterocycles. The lowest BCUT2D eigenvalue weighted by Gasteiger charge is -2.32. The van der Waals surface area contributed by atoms with Crippen molar-refractivity contribution in [3.05, 3.63) is 50.6 Å². The van der Waals surface area contributed by atoms with Gasteiger partial charge >= 0.3 is 0 Å². The minimum absolute atomic E-state index is 0.0933. The monoisotopic (exact) mass is 350 g/mol. The smallest absolute Gasteiger partial charge is 0.228 e. The molecule has 0 saturated carbocycles. The van der Waals surface area contributed by atoms with Gasteiger partial charge in [0.25, 0.3) is 0 Å². The first-order valence-electron chi connectivity index (χ1n) is 6.47. The number of hydrogen-bond acceptors (Lipinski definition) is 3. The van der Waals surface area contributed by atoms with E-state index in [1.807, 2.05) is 25.2 Å². The quantitative estimate of drug-likeness (QED) is 0.914. The van der Waals surface area contributed by atoms with Crippen molar-refractivity contribution >= 4 is 38.9 Å². The zero-order chi connectivity index (χ0) is 14.1. The van der Waals surface area contributed by atoms with Crippen LogP contribution in [0, 0.1) is 0 Å². The van der Waals surface area contributed by atoms with Gasteiger partial charge < -0.3 is 10.2 Å². The van der Waals surface area contributed by atoms with Gasteiger partial charge in [0.1, 0.15) is 0 Å². The molecule has 1 aliphatic rings. The summed E-state index contributed by atoms with van der Waals surface area (Å²) in [6, 6.07) is 10.3. The molecule has 5 heteroatoms. The highest BCUT2D eigenvalue weighted by Crippen LogP contribution is 2.33. The predicted octanol–water partition coefficient (Wildman–Crippen LogP) is 3.71. The van der Waals surface area contributed by atoms with Crippen LogP contribution in [0.25, 0.3) is 0 Å². The minimum Gasteiger partial charge on any atom is -0.315 e. The van der Waals surface area contributed by atoms with Gasteiger partial charge in [0.15, 0.2) is 0 Å². The van der Waals surface area contributed by atoms with Crippen molar-refractivity contribution in [1.29, 1.82) is 0 Å². The van der Waals surface area contributed by atoms with Gasteiger partial charge in [-0.3, -0.25) is 4.79 Å². The van der Waals surface area contributed by atoms with E-state index >= 15 is 0 Å². The van der Waals surface area contributed by atoms with Crippen LogP contribution in [0.5, 0.6) is 0 Å². The van der Waals surface area contributed by atoms with Crippen LogP contribution in [0.4, 0.5) is 5.69 Å². The SMILES string of the molecule is CN1C(=O)CC(NCc2cc(Br)cs2)c2ccccc21. The highest BCUT2D eigenvalue weighted by atomic mass is 79.9. The molecule has 1 amide bonds. The summed E-state index contributed by atoms with van der Waals surface area (Å²) in [6.45, 7) is 0.784. The third kappa shape index (κ3) is 2.66. The van der Waals surface area contributed by atoms with Crippen molar-refractivity contribution in [2.24, 2.45) is 0 Å². The molecule has 3 nitrogen and oxygen atoms in total. The van der Waals surface area contributed by atoms with E-state index in [1.165, 1.54) is 10.4 Å². The number of para-hydroxylation sites is 1. The highest BCUT2D eigenvalue weighted by molar-refractivity contribution is 9.10. The number of halogens is 1. The minimum atomic E-state index is 0.0933. The molecule has 0 fully saturated rings. The van der Waals surface area contributed by atoms with Gasteiger partial charge in [-0.2, -0.15) is 0 Å². The molecule has 2 aromatic rings. The van der Waals surface area contributed by atoms with E-state index in [9.17, 15) is 4.79 Å². The van der Waals surface area contributed by atoms with Gasteiger partial charge in [0.2, 0.25) is 5.91 Å². The number of nitrogens with one attached hydrogen (secondary N) is 1. The number of amides is 1. The van der Waals surface area contributed by atoms with E-state index in [4.69, 9.17) is 0 Å². The van der Waals surface area contributed by atoms with Crippen LogP contribution < -0.4 is 10.2 Å². The Hall–Kier alpha value is -1.17. The van der Waals surface area contributed by atoms with Crippen molar-refractivity contribution in [1.82, 2.24) is 5.32 Å². The van der Waals surface area contributed by atoms with Gasteiger partial charge in [-0.25, -0.2) is 0 Å². The van der Waals surface area contributed by atoms with Gasteiger partial charge in [0, 0.05) is 46.5 Å². The van der Waals surface area contributed by atoms with Gasteiger partial charge in [0.05, 0.1) is 0 Å². The largest absolute Gasteiger partial charge is 0.315 e. The third-order valence-electron chi connectivity index (χ3n) is 3.57. The molecule has 0 spiro atoms. The summed E-state index contributed by atoms with van der Waals surface area (Å²) in [5.41, 5.74) is 2.21. The number of anilines is 1. The number of rotatable bonds is 3. The van der Waals surface area contributed by atoms with E-state index in [2.05, 4.69) is 38.8 Å². The summed E-state index contributed by atoms with van der Waals surface area (Å²) in [5.74, 6) is 0.161. The summed E-state index contributed by atoms with van der Waals surface area (Å²) in [7, 11) is 1.84. The molecule has 2 heterocycles. The maximum Gasteiger partial charge on any atom is 0.228 e. The zero-order valence-corrected chi connectivity index (χ0v) is 13.5. The summed E-state index contributed by atoms with van der Waals surface area (Å²) in [5, 5.41) is 5.57. The van der Waals surface area contributed by atoms with Gasteiger partial charge in [-0.05, 0) is 33.6 Å². The molecule has 1 unspecified atom stereocenters. The molecule has 0 radical (unpaired) electrons. The molecule has 1 atom stereocenters. The first kappa shape index (κ1) is 13.8. The fraction of sp³-hybridized carbons (Fsp3) is 0.267. The van der Waals surface area contributed by atoms with Crippen LogP contribution >= 0.6 is 27.3 Å². The number of thiophene rings is 1. The van der Waals surface area contributed by atoms with E-state index in [0.717, 1.165) is 16.7 Å². The maximum absolute atomic E-state index is 12.1. The fourth-order valence-corrected chi connectivity index (χ4v) is 3.90. The molecule has 0 saturated heterocycles. The van der Waals surface area contributed by atoms with E-state index in [1.54, 1.807) is 16.2 Å². The van der Waals surface area contributed by atoms with Crippen molar-refractivity contribution in [2.45, 2.75) is 19.0 Å². The number of carbonyl (C=O) groups is 1. The summed E-state index contributed by atoms with van der Waals surface area (Å²) in [4.78, 5) is 15.1. The third-order valence-corrected chi connectivity index (χ3v) is 5.27. The second kappa shape index (κ2) is 5.68. The van der Waals surface area contributed by atoms with E-state index < -0.39 is 0 Å². The normalized spacial score (nSPS) is 18.2. The van der Waals surface area contributed by atoms with Crippen molar-refractivity contribution in [3.8, 4) is 0 Å². The molecular weight excluding hydrogens is 336 g/mol. The van der Waals surface area contributed by atoms with Crippen LogP contribution in [0.3, 0.4) is 0 Å². The number of nitrogens with zero attached hydrogens (tertiary/aromatic N) is 1. The molecule has 1 aromatic carbocycles. The highest BCUT2D eigenvalue weighted by Gasteiger charge is 2.28. The fourth-order valence-electron chi connectivity index (χ4n) is 2.50. The van der Waals surface area contributed by atoms with Crippen LogP contribution in [-0.4, -0.2) is 13.0 Å². The lowest BCUT2D eigenvalue weighted by molar-refractivity contribution is -0.119. The summed E-state index contributed by atoms with van der Waals surface area (Å²) in [6.07, 6.45) is 0.514. The van der Waals surface area contributed by atoms with Gasteiger partial charge in [-0.1, -0.05) is 18.2 Å². The first-order chi connectivity index (χ1) is 9.65. The Morgan fingerprint density at radius 2 is 2.25 bits per heavy atom. The topological polar surface area (TPSA) is 32.3 Å². The predicted molar refractivity (Wildman–Crippen MR) is 86.1 cm³/mol.